The topological polar surface area (TPSA) is 26.3 Å². The van der Waals surface area contributed by atoms with Gasteiger partial charge in [0.15, 0.2) is 0 Å². The molecule has 5 heteroatoms. The molecule has 2 nitrogen and oxygen atoms in total. The summed E-state index contributed by atoms with van der Waals surface area (Å²) in [6.45, 7) is 0. The van der Waals surface area contributed by atoms with Gasteiger partial charge in [0.05, 0.1) is 7.11 Å². The lowest BCUT2D eigenvalue weighted by molar-refractivity contribution is -0.177. The molecule has 2 rings (SSSR count). The highest BCUT2D eigenvalue weighted by atomic mass is 19.3. The molecule has 1 saturated carbocycles. The van der Waals surface area contributed by atoms with Gasteiger partial charge in [0.2, 0.25) is 0 Å². The maximum absolute atomic E-state index is 13.0. The van der Waals surface area contributed by atoms with Crippen LogP contribution < -0.4 is 0 Å². The lowest BCUT2D eigenvalue weighted by Crippen LogP contribution is -2.54. The number of ether oxygens (including phenoxy) is 1. The van der Waals surface area contributed by atoms with Crippen molar-refractivity contribution in [2.45, 2.75) is 24.2 Å². The molecule has 0 aromatic heterocycles. The lowest BCUT2D eigenvalue weighted by atomic mass is 9.62. The van der Waals surface area contributed by atoms with Crippen LogP contribution in [0.2, 0.25) is 0 Å². The Morgan fingerprint density at radius 2 is 1.76 bits per heavy atom. The van der Waals surface area contributed by atoms with Crippen molar-refractivity contribution in [3.05, 3.63) is 35.6 Å². The normalized spacial score (nSPS) is 20.5. The first-order chi connectivity index (χ1) is 7.89. The van der Waals surface area contributed by atoms with Gasteiger partial charge in [-0.2, -0.15) is 0 Å². The molecule has 1 aliphatic rings. The average molecular weight is 244 g/mol. The van der Waals surface area contributed by atoms with Crippen molar-refractivity contribution in [1.82, 2.24) is 0 Å². The van der Waals surface area contributed by atoms with E-state index in [1.807, 2.05) is 0 Å². The van der Waals surface area contributed by atoms with Gasteiger partial charge in [0, 0.05) is 12.8 Å². The molecule has 0 aliphatic heterocycles. The predicted molar refractivity (Wildman–Crippen MR) is 54.3 cm³/mol. The smallest absolute Gasteiger partial charge is 0.316 e. The molecule has 0 spiro atoms. The van der Waals surface area contributed by atoms with E-state index < -0.39 is 36.0 Å². The zero-order chi connectivity index (χ0) is 12.7. The third kappa shape index (κ3) is 1.90. The van der Waals surface area contributed by atoms with E-state index in [-0.39, 0.29) is 0 Å². The Bertz CT molecular complexity index is 432. The zero-order valence-electron chi connectivity index (χ0n) is 9.17. The van der Waals surface area contributed by atoms with E-state index in [0.717, 1.165) is 19.2 Å². The standard InChI is InChI=1S/C12H11F3O2/c1-17-10(16)11(6-12(14,15)7-11)8-2-4-9(13)5-3-8/h2-5H,6-7H2,1H3. The van der Waals surface area contributed by atoms with Gasteiger partial charge in [-0.1, -0.05) is 12.1 Å². The summed E-state index contributed by atoms with van der Waals surface area (Å²) in [6.07, 6.45) is -1.17. The van der Waals surface area contributed by atoms with Crippen molar-refractivity contribution in [1.29, 1.82) is 0 Å². The first-order valence-electron chi connectivity index (χ1n) is 5.12. The van der Waals surface area contributed by atoms with Gasteiger partial charge in [-0.25, -0.2) is 13.2 Å². The van der Waals surface area contributed by atoms with E-state index in [9.17, 15) is 18.0 Å². The fourth-order valence-corrected chi connectivity index (χ4v) is 2.26. The van der Waals surface area contributed by atoms with Crippen molar-refractivity contribution in [2.75, 3.05) is 7.11 Å². The molecular formula is C12H11F3O2. The number of hydrogen-bond donors (Lipinski definition) is 0. The number of methoxy groups -OCH3 is 1. The van der Waals surface area contributed by atoms with Gasteiger partial charge in [-0.15, -0.1) is 0 Å². The summed E-state index contributed by atoms with van der Waals surface area (Å²) in [5, 5.41) is 0. The summed E-state index contributed by atoms with van der Waals surface area (Å²) in [4.78, 5) is 11.6. The summed E-state index contributed by atoms with van der Waals surface area (Å²) < 4.78 is 43.4. The second-order valence-electron chi connectivity index (χ2n) is 4.29. The first-order valence-corrected chi connectivity index (χ1v) is 5.12. The monoisotopic (exact) mass is 244 g/mol. The fraction of sp³-hybridized carbons (Fsp3) is 0.417. The van der Waals surface area contributed by atoms with Crippen molar-refractivity contribution >= 4 is 5.97 Å². The molecule has 1 aromatic carbocycles. The zero-order valence-corrected chi connectivity index (χ0v) is 9.17. The second-order valence-corrected chi connectivity index (χ2v) is 4.29. The number of halogens is 3. The summed E-state index contributed by atoms with van der Waals surface area (Å²) in [6, 6.07) is 5.00. The first kappa shape index (κ1) is 12.0. The van der Waals surface area contributed by atoms with Crippen LogP contribution in [0.15, 0.2) is 24.3 Å². The number of hydrogen-bond acceptors (Lipinski definition) is 2. The average Bonchev–Trinajstić information content (AvgIpc) is 2.25. The molecule has 0 N–H and O–H groups in total. The van der Waals surface area contributed by atoms with Gasteiger partial charge in [-0.05, 0) is 17.7 Å². The van der Waals surface area contributed by atoms with Gasteiger partial charge in [0.25, 0.3) is 5.92 Å². The lowest BCUT2D eigenvalue weighted by Gasteiger charge is -2.45. The Balaban J connectivity index is 2.36. The minimum atomic E-state index is -2.86. The number of carbonyl (C=O) groups is 1. The minimum absolute atomic E-state index is 0.372. The molecule has 1 aliphatic carbocycles. The molecule has 1 aromatic rings. The summed E-state index contributed by atoms with van der Waals surface area (Å²) in [5.74, 6) is -4.03. The highest BCUT2D eigenvalue weighted by Gasteiger charge is 2.62. The maximum Gasteiger partial charge on any atom is 0.316 e. The molecule has 0 radical (unpaired) electrons. The van der Waals surface area contributed by atoms with Crippen LogP contribution in [-0.4, -0.2) is 19.0 Å². The third-order valence-corrected chi connectivity index (χ3v) is 3.09. The van der Waals surface area contributed by atoms with Crippen LogP contribution in [-0.2, 0) is 14.9 Å². The Morgan fingerprint density at radius 3 is 2.18 bits per heavy atom. The van der Waals surface area contributed by atoms with Crippen LogP contribution in [0.25, 0.3) is 0 Å². The quantitative estimate of drug-likeness (QED) is 0.747. The molecule has 0 saturated heterocycles. The predicted octanol–water partition coefficient (Wildman–Crippen LogP) is 2.67. The molecule has 0 atom stereocenters. The number of rotatable bonds is 2. The summed E-state index contributed by atoms with van der Waals surface area (Å²) in [5.41, 5.74) is -0.956. The van der Waals surface area contributed by atoms with Gasteiger partial charge >= 0.3 is 5.97 Å². The molecule has 1 fully saturated rings. The largest absolute Gasteiger partial charge is 0.468 e. The van der Waals surface area contributed by atoms with E-state index in [2.05, 4.69) is 4.74 Å². The highest BCUT2D eigenvalue weighted by molar-refractivity contribution is 5.85. The van der Waals surface area contributed by atoms with Crippen LogP contribution >= 0.6 is 0 Å². The third-order valence-electron chi connectivity index (χ3n) is 3.09. The van der Waals surface area contributed by atoms with E-state index in [4.69, 9.17) is 0 Å². The van der Waals surface area contributed by atoms with Gasteiger partial charge < -0.3 is 4.74 Å². The molecule has 0 bridgehead atoms. The SMILES string of the molecule is COC(=O)C1(c2ccc(F)cc2)CC(F)(F)C1. The Kier molecular flexibility index (Phi) is 2.64. The Hall–Kier alpha value is -1.52. The van der Waals surface area contributed by atoms with Crippen LogP contribution in [0.3, 0.4) is 0 Å². The molecule has 0 amide bonds. The molecular weight excluding hydrogens is 233 g/mol. The molecule has 0 heterocycles. The second kappa shape index (κ2) is 3.75. The van der Waals surface area contributed by atoms with Crippen molar-refractivity contribution in [3.63, 3.8) is 0 Å². The van der Waals surface area contributed by atoms with Gasteiger partial charge in [-0.3, -0.25) is 4.79 Å². The van der Waals surface area contributed by atoms with Crippen molar-refractivity contribution < 1.29 is 22.7 Å². The molecule has 92 valence electrons. The minimum Gasteiger partial charge on any atom is -0.468 e. The number of benzene rings is 1. The van der Waals surface area contributed by atoms with Crippen LogP contribution in [0, 0.1) is 5.82 Å². The van der Waals surface area contributed by atoms with Crippen molar-refractivity contribution in [3.8, 4) is 0 Å². The number of alkyl halides is 2. The Labute approximate surface area is 96.4 Å². The Morgan fingerprint density at radius 1 is 1.24 bits per heavy atom. The van der Waals surface area contributed by atoms with Crippen molar-refractivity contribution in [2.24, 2.45) is 0 Å². The molecule has 0 unspecified atom stereocenters. The molecule has 17 heavy (non-hydrogen) atoms. The fourth-order valence-electron chi connectivity index (χ4n) is 2.26. The maximum atomic E-state index is 13.0. The van der Waals surface area contributed by atoms with E-state index >= 15 is 0 Å². The number of esters is 1. The van der Waals surface area contributed by atoms with Crippen LogP contribution in [0.1, 0.15) is 18.4 Å². The van der Waals surface area contributed by atoms with Crippen LogP contribution in [0.4, 0.5) is 13.2 Å². The summed E-state index contributed by atoms with van der Waals surface area (Å²) >= 11 is 0. The number of carbonyl (C=O) groups excluding carboxylic acids is 1. The van der Waals surface area contributed by atoms with E-state index in [1.54, 1.807) is 0 Å². The summed E-state index contributed by atoms with van der Waals surface area (Å²) in [7, 11) is 1.16. The van der Waals surface area contributed by atoms with E-state index in [1.165, 1.54) is 12.1 Å². The highest BCUT2D eigenvalue weighted by Crippen LogP contribution is 2.54. The van der Waals surface area contributed by atoms with Crippen LogP contribution in [0.5, 0.6) is 0 Å². The van der Waals surface area contributed by atoms with E-state index in [0.29, 0.717) is 5.56 Å². The van der Waals surface area contributed by atoms with Gasteiger partial charge in [0.1, 0.15) is 11.2 Å².